The van der Waals surface area contributed by atoms with Gasteiger partial charge in [-0.1, -0.05) is 37.6 Å². The highest BCUT2D eigenvalue weighted by Crippen LogP contribution is 2.13. The Morgan fingerprint density at radius 1 is 1.07 bits per heavy atom. The maximum Gasteiger partial charge on any atom is 0.251 e. The van der Waals surface area contributed by atoms with Gasteiger partial charge in [0.25, 0.3) is 5.91 Å². The highest BCUT2D eigenvalue weighted by atomic mass is 16.5. The number of carbonyl (C=O) groups excluding carboxylic acids is 1. The van der Waals surface area contributed by atoms with Crippen LogP contribution < -0.4 is 10.1 Å². The number of unbranched alkanes of at least 4 members (excludes halogenated alkanes) is 1. The number of hydrogen-bond acceptors (Lipinski definition) is 4. The normalized spacial score (nSPS) is 10.6. The van der Waals surface area contributed by atoms with Gasteiger partial charge in [-0.05, 0) is 41.8 Å². The average molecular weight is 364 g/mol. The van der Waals surface area contributed by atoms with Gasteiger partial charge >= 0.3 is 0 Å². The molecule has 0 aliphatic heterocycles. The number of rotatable bonds is 9. The second kappa shape index (κ2) is 9.52. The third kappa shape index (κ3) is 5.67. The van der Waals surface area contributed by atoms with Gasteiger partial charge in [0.05, 0.1) is 13.2 Å². The predicted octanol–water partition coefficient (Wildman–Crippen LogP) is 3.44. The number of aromatic nitrogens is 3. The fourth-order valence-electron chi connectivity index (χ4n) is 2.59. The van der Waals surface area contributed by atoms with Crippen LogP contribution in [0.25, 0.3) is 0 Å². The van der Waals surface area contributed by atoms with E-state index >= 15 is 0 Å². The van der Waals surface area contributed by atoms with Crippen molar-refractivity contribution in [1.82, 2.24) is 20.1 Å². The number of carbonyl (C=O) groups is 1. The number of ether oxygens (including phenoxy) is 1. The standard InChI is InChI=1S/C21H24N4O2/c1-2-3-12-27-20-10-8-19(9-11-20)21(26)23-13-17-4-6-18(7-5-17)14-25-16-22-15-24-25/h4-11,15-16H,2-3,12-14H2,1H3,(H,23,26). The summed E-state index contributed by atoms with van der Waals surface area (Å²) in [6, 6.07) is 15.3. The summed E-state index contributed by atoms with van der Waals surface area (Å²) in [7, 11) is 0. The highest BCUT2D eigenvalue weighted by molar-refractivity contribution is 5.94. The fourth-order valence-corrected chi connectivity index (χ4v) is 2.59. The molecule has 0 aliphatic carbocycles. The summed E-state index contributed by atoms with van der Waals surface area (Å²) in [5.41, 5.74) is 2.81. The highest BCUT2D eigenvalue weighted by Gasteiger charge is 2.06. The van der Waals surface area contributed by atoms with E-state index < -0.39 is 0 Å². The van der Waals surface area contributed by atoms with E-state index in [2.05, 4.69) is 22.3 Å². The summed E-state index contributed by atoms with van der Waals surface area (Å²) in [6.07, 6.45) is 5.34. The minimum absolute atomic E-state index is 0.0956. The lowest BCUT2D eigenvalue weighted by molar-refractivity contribution is 0.0951. The van der Waals surface area contributed by atoms with E-state index in [1.807, 2.05) is 36.4 Å². The van der Waals surface area contributed by atoms with Gasteiger partial charge < -0.3 is 10.1 Å². The summed E-state index contributed by atoms with van der Waals surface area (Å²) < 4.78 is 7.39. The average Bonchev–Trinajstić information content (AvgIpc) is 3.21. The van der Waals surface area contributed by atoms with Crippen LogP contribution in [0.2, 0.25) is 0 Å². The summed E-state index contributed by atoms with van der Waals surface area (Å²) in [6.45, 7) is 3.99. The first-order valence-corrected chi connectivity index (χ1v) is 9.16. The molecule has 1 heterocycles. The van der Waals surface area contributed by atoms with Gasteiger partial charge in [0.15, 0.2) is 0 Å². The molecule has 0 saturated heterocycles. The Morgan fingerprint density at radius 3 is 2.48 bits per heavy atom. The smallest absolute Gasteiger partial charge is 0.251 e. The van der Waals surface area contributed by atoms with Crippen molar-refractivity contribution in [1.29, 1.82) is 0 Å². The molecule has 0 spiro atoms. The molecule has 0 saturated carbocycles. The molecule has 1 aromatic heterocycles. The zero-order valence-electron chi connectivity index (χ0n) is 15.5. The maximum absolute atomic E-state index is 12.3. The molecule has 3 rings (SSSR count). The number of amides is 1. The molecule has 3 aromatic rings. The lowest BCUT2D eigenvalue weighted by Gasteiger charge is -2.08. The Balaban J connectivity index is 1.48. The molecular weight excluding hydrogens is 340 g/mol. The maximum atomic E-state index is 12.3. The van der Waals surface area contributed by atoms with E-state index in [0.717, 1.165) is 29.7 Å². The third-order valence-electron chi connectivity index (χ3n) is 4.17. The zero-order chi connectivity index (χ0) is 18.9. The molecule has 2 aromatic carbocycles. The Bertz CT molecular complexity index is 828. The topological polar surface area (TPSA) is 69.0 Å². The quantitative estimate of drug-likeness (QED) is 0.591. The molecule has 140 valence electrons. The van der Waals surface area contributed by atoms with Crippen LogP contribution in [0.5, 0.6) is 5.75 Å². The monoisotopic (exact) mass is 364 g/mol. The van der Waals surface area contributed by atoms with Crippen LogP contribution in [-0.2, 0) is 13.1 Å². The van der Waals surface area contributed by atoms with Crippen LogP contribution in [0.4, 0.5) is 0 Å². The molecule has 6 nitrogen and oxygen atoms in total. The van der Waals surface area contributed by atoms with Crippen LogP contribution in [-0.4, -0.2) is 27.3 Å². The van der Waals surface area contributed by atoms with Gasteiger partial charge in [0.1, 0.15) is 18.4 Å². The van der Waals surface area contributed by atoms with Crippen LogP contribution in [0.1, 0.15) is 41.3 Å². The Hall–Kier alpha value is -3.15. The van der Waals surface area contributed by atoms with E-state index in [1.165, 1.54) is 6.33 Å². The van der Waals surface area contributed by atoms with Crippen molar-refractivity contribution < 1.29 is 9.53 Å². The van der Waals surface area contributed by atoms with E-state index in [9.17, 15) is 4.79 Å². The minimum Gasteiger partial charge on any atom is -0.494 e. The van der Waals surface area contributed by atoms with Gasteiger partial charge in [-0.25, -0.2) is 9.67 Å². The van der Waals surface area contributed by atoms with Crippen LogP contribution in [0, 0.1) is 0 Å². The molecule has 6 heteroatoms. The predicted molar refractivity (Wildman–Crippen MR) is 104 cm³/mol. The second-order valence-electron chi connectivity index (χ2n) is 6.32. The zero-order valence-corrected chi connectivity index (χ0v) is 15.5. The van der Waals surface area contributed by atoms with Crippen LogP contribution in [0.15, 0.2) is 61.2 Å². The third-order valence-corrected chi connectivity index (χ3v) is 4.17. The van der Waals surface area contributed by atoms with Crippen molar-refractivity contribution >= 4 is 5.91 Å². The summed E-state index contributed by atoms with van der Waals surface area (Å²) in [4.78, 5) is 16.2. The minimum atomic E-state index is -0.0956. The Kier molecular flexibility index (Phi) is 6.57. The lowest BCUT2D eigenvalue weighted by atomic mass is 10.1. The first kappa shape index (κ1) is 18.6. The molecule has 0 bridgehead atoms. The first-order chi connectivity index (χ1) is 13.2. The van der Waals surface area contributed by atoms with Crippen molar-refractivity contribution in [2.24, 2.45) is 0 Å². The summed E-state index contributed by atoms with van der Waals surface area (Å²) >= 11 is 0. The lowest BCUT2D eigenvalue weighted by Crippen LogP contribution is -2.22. The largest absolute Gasteiger partial charge is 0.494 e. The Morgan fingerprint density at radius 2 is 1.81 bits per heavy atom. The van der Waals surface area contributed by atoms with Crippen LogP contribution >= 0.6 is 0 Å². The van der Waals surface area contributed by atoms with E-state index in [1.54, 1.807) is 23.1 Å². The van der Waals surface area contributed by atoms with Gasteiger partial charge in [-0.15, -0.1) is 0 Å². The van der Waals surface area contributed by atoms with E-state index in [-0.39, 0.29) is 5.91 Å². The summed E-state index contributed by atoms with van der Waals surface area (Å²) in [5, 5.41) is 7.04. The molecule has 0 aliphatic rings. The van der Waals surface area contributed by atoms with Crippen LogP contribution in [0.3, 0.4) is 0 Å². The van der Waals surface area contributed by atoms with E-state index in [4.69, 9.17) is 4.74 Å². The Labute approximate surface area is 159 Å². The van der Waals surface area contributed by atoms with Crippen molar-refractivity contribution in [2.45, 2.75) is 32.9 Å². The molecule has 1 amide bonds. The van der Waals surface area contributed by atoms with Gasteiger partial charge in [0, 0.05) is 12.1 Å². The van der Waals surface area contributed by atoms with Gasteiger partial charge in [-0.2, -0.15) is 5.10 Å². The summed E-state index contributed by atoms with van der Waals surface area (Å²) in [5.74, 6) is 0.699. The van der Waals surface area contributed by atoms with Gasteiger partial charge in [-0.3, -0.25) is 4.79 Å². The number of benzene rings is 2. The fraction of sp³-hybridized carbons (Fsp3) is 0.286. The molecule has 0 radical (unpaired) electrons. The number of nitrogens with zero attached hydrogens (tertiary/aromatic N) is 3. The van der Waals surface area contributed by atoms with Gasteiger partial charge in [0.2, 0.25) is 0 Å². The molecule has 27 heavy (non-hydrogen) atoms. The van der Waals surface area contributed by atoms with E-state index in [0.29, 0.717) is 25.3 Å². The molecule has 1 N–H and O–H groups in total. The number of nitrogens with one attached hydrogen (secondary N) is 1. The molecular formula is C21H24N4O2. The first-order valence-electron chi connectivity index (χ1n) is 9.16. The van der Waals surface area contributed by atoms with Crippen molar-refractivity contribution in [3.8, 4) is 5.75 Å². The molecule has 0 unspecified atom stereocenters. The SMILES string of the molecule is CCCCOc1ccc(C(=O)NCc2ccc(Cn3cncn3)cc2)cc1. The number of hydrogen-bond donors (Lipinski definition) is 1. The van der Waals surface area contributed by atoms with Crippen molar-refractivity contribution in [3.63, 3.8) is 0 Å². The van der Waals surface area contributed by atoms with Crippen molar-refractivity contribution in [2.75, 3.05) is 6.61 Å². The van der Waals surface area contributed by atoms with Crippen molar-refractivity contribution in [3.05, 3.63) is 77.9 Å². The molecule has 0 atom stereocenters. The molecule has 0 fully saturated rings. The second-order valence-corrected chi connectivity index (χ2v) is 6.32.